The van der Waals surface area contributed by atoms with Gasteiger partial charge in [-0.25, -0.2) is 18.4 Å². The molecule has 0 saturated heterocycles. The van der Waals surface area contributed by atoms with Crippen molar-refractivity contribution in [2.45, 2.75) is 18.9 Å². The van der Waals surface area contributed by atoms with Gasteiger partial charge in [0.2, 0.25) is 0 Å². The van der Waals surface area contributed by atoms with Crippen molar-refractivity contribution in [1.29, 1.82) is 0 Å². The molecule has 1 N–H and O–H groups in total. The van der Waals surface area contributed by atoms with Gasteiger partial charge < -0.3 is 5.32 Å². The van der Waals surface area contributed by atoms with Crippen LogP contribution in [-0.4, -0.2) is 35.0 Å². The molecule has 2 heterocycles. The number of anilines is 1. The second kappa shape index (κ2) is 5.96. The Morgan fingerprint density at radius 3 is 2.62 bits per heavy atom. The minimum absolute atomic E-state index is 0.00232. The van der Waals surface area contributed by atoms with Gasteiger partial charge in [-0.3, -0.25) is 9.78 Å². The fourth-order valence-corrected chi connectivity index (χ4v) is 2.62. The summed E-state index contributed by atoms with van der Waals surface area (Å²) in [5.74, 6) is -0.475. The van der Waals surface area contributed by atoms with E-state index in [4.69, 9.17) is 0 Å². The lowest BCUT2D eigenvalue weighted by atomic mass is 10.2. The van der Waals surface area contributed by atoms with Crippen LogP contribution >= 0.6 is 0 Å². The summed E-state index contributed by atoms with van der Waals surface area (Å²) in [6, 6.07) is 1.49. The number of nitrogens with zero attached hydrogens (tertiary/aromatic N) is 3. The lowest BCUT2D eigenvalue weighted by Gasteiger charge is -2.09. The maximum Gasteiger partial charge on any atom is 0.259 e. The number of aryl methyl sites for hydroxylation is 1. The van der Waals surface area contributed by atoms with E-state index >= 15 is 0 Å². The van der Waals surface area contributed by atoms with Crippen LogP contribution in [0.4, 0.5) is 5.82 Å². The topological polar surface area (TPSA) is 102 Å². The maximum atomic E-state index is 12.3. The molecular formula is C13H14N4O3S. The molecule has 8 heteroatoms. The lowest BCUT2D eigenvalue weighted by molar-refractivity contribution is 0.102. The van der Waals surface area contributed by atoms with E-state index < -0.39 is 15.7 Å². The van der Waals surface area contributed by atoms with Gasteiger partial charge in [0.25, 0.3) is 5.91 Å². The Kier molecular flexibility index (Phi) is 4.27. The van der Waals surface area contributed by atoms with E-state index in [-0.39, 0.29) is 22.2 Å². The first kappa shape index (κ1) is 15.0. The first-order valence-electron chi connectivity index (χ1n) is 6.21. The third kappa shape index (κ3) is 3.40. The average molecular weight is 306 g/mol. The predicted octanol–water partition coefficient (Wildman–Crippen LogP) is 1.23. The number of carbonyl (C=O) groups excluding carboxylic acids is 1. The number of sulfone groups is 1. The predicted molar refractivity (Wildman–Crippen MR) is 76.7 cm³/mol. The molecule has 0 saturated carbocycles. The third-order valence-corrected chi connectivity index (χ3v) is 4.39. The van der Waals surface area contributed by atoms with Crippen LogP contribution in [0.25, 0.3) is 0 Å². The van der Waals surface area contributed by atoms with Gasteiger partial charge in [0.15, 0.2) is 20.7 Å². The van der Waals surface area contributed by atoms with E-state index in [9.17, 15) is 13.2 Å². The highest BCUT2D eigenvalue weighted by Crippen LogP contribution is 2.17. The zero-order chi connectivity index (χ0) is 15.5. The van der Waals surface area contributed by atoms with Crippen molar-refractivity contribution in [3.63, 3.8) is 0 Å². The molecule has 0 spiro atoms. The van der Waals surface area contributed by atoms with Crippen LogP contribution in [0, 0.1) is 6.92 Å². The van der Waals surface area contributed by atoms with Crippen LogP contribution in [0.3, 0.4) is 0 Å². The van der Waals surface area contributed by atoms with Crippen molar-refractivity contribution in [3.8, 4) is 0 Å². The number of carbonyl (C=O) groups is 1. The fraction of sp³-hybridized carbons (Fsp3) is 0.231. The van der Waals surface area contributed by atoms with Crippen molar-refractivity contribution >= 4 is 21.6 Å². The molecule has 0 aliphatic rings. The SMILES string of the molecule is CCS(=O)(=O)c1ncc(C)cc1C(=O)Nc1cnccn1. The molecule has 21 heavy (non-hydrogen) atoms. The number of hydrogen-bond donors (Lipinski definition) is 1. The summed E-state index contributed by atoms with van der Waals surface area (Å²) in [6.07, 6.45) is 5.68. The van der Waals surface area contributed by atoms with Gasteiger partial charge in [-0.05, 0) is 18.6 Å². The summed E-state index contributed by atoms with van der Waals surface area (Å²) in [5.41, 5.74) is 0.692. The van der Waals surface area contributed by atoms with Crippen LogP contribution in [-0.2, 0) is 9.84 Å². The van der Waals surface area contributed by atoms with Crippen molar-refractivity contribution in [3.05, 3.63) is 42.0 Å². The molecule has 7 nitrogen and oxygen atoms in total. The number of nitrogens with one attached hydrogen (secondary N) is 1. The number of rotatable bonds is 4. The third-order valence-electron chi connectivity index (χ3n) is 2.71. The molecule has 0 radical (unpaired) electrons. The van der Waals surface area contributed by atoms with Gasteiger partial charge >= 0.3 is 0 Å². The summed E-state index contributed by atoms with van der Waals surface area (Å²) >= 11 is 0. The van der Waals surface area contributed by atoms with Crippen LogP contribution in [0.1, 0.15) is 22.8 Å². The quantitative estimate of drug-likeness (QED) is 0.911. The Balaban J connectivity index is 2.43. The Labute approximate surface area is 122 Å². The highest BCUT2D eigenvalue weighted by atomic mass is 32.2. The molecule has 110 valence electrons. The van der Waals surface area contributed by atoms with Crippen LogP contribution in [0.2, 0.25) is 0 Å². The Morgan fingerprint density at radius 1 is 1.24 bits per heavy atom. The smallest absolute Gasteiger partial charge is 0.259 e. The fourth-order valence-electron chi connectivity index (χ4n) is 1.65. The summed E-state index contributed by atoms with van der Waals surface area (Å²) in [6.45, 7) is 3.23. The standard InChI is InChI=1S/C13H14N4O3S/c1-3-21(19,20)13-10(6-9(2)7-16-13)12(18)17-11-8-14-4-5-15-11/h4-8H,3H2,1-2H3,(H,15,17,18). The van der Waals surface area contributed by atoms with Crippen LogP contribution in [0.15, 0.2) is 35.9 Å². The molecular weight excluding hydrogens is 292 g/mol. The van der Waals surface area contributed by atoms with Crippen molar-refractivity contribution < 1.29 is 13.2 Å². The van der Waals surface area contributed by atoms with E-state index in [2.05, 4.69) is 20.3 Å². The second-order valence-electron chi connectivity index (χ2n) is 4.31. The molecule has 0 aromatic carbocycles. The lowest BCUT2D eigenvalue weighted by Crippen LogP contribution is -2.19. The number of hydrogen-bond acceptors (Lipinski definition) is 6. The monoisotopic (exact) mass is 306 g/mol. The minimum atomic E-state index is -3.59. The van der Waals surface area contributed by atoms with Crippen LogP contribution < -0.4 is 5.32 Å². The molecule has 0 atom stereocenters. The Bertz CT molecular complexity index is 760. The molecule has 0 fully saturated rings. The van der Waals surface area contributed by atoms with Gasteiger partial charge in [-0.15, -0.1) is 0 Å². The van der Waals surface area contributed by atoms with Gasteiger partial charge in [0.1, 0.15) is 0 Å². The van der Waals surface area contributed by atoms with Gasteiger partial charge in [-0.2, -0.15) is 0 Å². The zero-order valence-corrected chi connectivity index (χ0v) is 12.4. The zero-order valence-electron chi connectivity index (χ0n) is 11.6. The summed E-state index contributed by atoms with van der Waals surface area (Å²) in [7, 11) is -3.59. The molecule has 0 unspecified atom stereocenters. The Hall–Kier alpha value is -2.35. The number of amides is 1. The molecule has 2 rings (SSSR count). The second-order valence-corrected chi connectivity index (χ2v) is 6.51. The molecule has 0 aliphatic carbocycles. The summed E-state index contributed by atoms with van der Waals surface area (Å²) in [5, 5.41) is 2.28. The molecule has 2 aromatic rings. The highest BCUT2D eigenvalue weighted by Gasteiger charge is 2.23. The number of pyridine rings is 1. The molecule has 2 aromatic heterocycles. The molecule has 1 amide bonds. The maximum absolute atomic E-state index is 12.3. The van der Waals surface area contributed by atoms with E-state index in [0.717, 1.165) is 0 Å². The van der Waals surface area contributed by atoms with Crippen molar-refractivity contribution in [1.82, 2.24) is 15.0 Å². The summed E-state index contributed by atoms with van der Waals surface area (Å²) in [4.78, 5) is 23.9. The largest absolute Gasteiger partial charge is 0.305 e. The number of aromatic nitrogens is 3. The van der Waals surface area contributed by atoms with E-state index in [1.165, 1.54) is 37.8 Å². The first-order chi connectivity index (χ1) is 9.94. The van der Waals surface area contributed by atoms with E-state index in [0.29, 0.717) is 5.56 Å². The Morgan fingerprint density at radius 2 is 2.00 bits per heavy atom. The summed E-state index contributed by atoms with van der Waals surface area (Å²) < 4.78 is 24.0. The van der Waals surface area contributed by atoms with Crippen LogP contribution in [0.5, 0.6) is 0 Å². The van der Waals surface area contributed by atoms with Gasteiger partial charge in [0.05, 0.1) is 17.5 Å². The normalized spacial score (nSPS) is 11.1. The first-order valence-corrected chi connectivity index (χ1v) is 7.86. The minimum Gasteiger partial charge on any atom is -0.305 e. The average Bonchev–Trinajstić information content (AvgIpc) is 2.48. The van der Waals surface area contributed by atoms with Gasteiger partial charge in [-0.1, -0.05) is 6.92 Å². The van der Waals surface area contributed by atoms with E-state index in [1.54, 1.807) is 6.92 Å². The van der Waals surface area contributed by atoms with Gasteiger partial charge in [0, 0.05) is 18.6 Å². The van der Waals surface area contributed by atoms with Crippen molar-refractivity contribution in [2.75, 3.05) is 11.1 Å². The molecule has 0 bridgehead atoms. The highest BCUT2D eigenvalue weighted by molar-refractivity contribution is 7.91. The van der Waals surface area contributed by atoms with Crippen molar-refractivity contribution in [2.24, 2.45) is 0 Å². The molecule has 0 aliphatic heterocycles. The van der Waals surface area contributed by atoms with E-state index in [1.807, 2.05) is 0 Å².